The number of aromatic nitrogens is 5. The molecule has 1 unspecified atom stereocenters. The molecule has 1 aromatic carbocycles. The molecule has 1 amide bonds. The molecule has 0 spiro atoms. The summed E-state index contributed by atoms with van der Waals surface area (Å²) in [5.74, 6) is 0.398. The number of benzene rings is 1. The summed E-state index contributed by atoms with van der Waals surface area (Å²) >= 11 is 1.25. The minimum Gasteiger partial charge on any atom is -0.496 e. The summed E-state index contributed by atoms with van der Waals surface area (Å²) in [5.41, 5.74) is -1.25. The fourth-order valence-electron chi connectivity index (χ4n) is 5.47. The molecule has 12 nitrogen and oxygen atoms in total. The van der Waals surface area contributed by atoms with Crippen molar-refractivity contribution in [2.75, 3.05) is 26.9 Å². The summed E-state index contributed by atoms with van der Waals surface area (Å²) in [5, 5.41) is 12.4. The molecule has 1 N–H and O–H groups in total. The first-order valence-corrected chi connectivity index (χ1v) is 15.7. The lowest BCUT2D eigenvalue weighted by molar-refractivity contribution is -0.128. The van der Waals surface area contributed by atoms with Crippen molar-refractivity contribution in [1.29, 1.82) is 0 Å². The van der Waals surface area contributed by atoms with Crippen molar-refractivity contribution < 1.29 is 19.0 Å². The average molecular weight is 625 g/mol. The van der Waals surface area contributed by atoms with Gasteiger partial charge in [-0.15, -0.1) is 4.80 Å². The maximum atomic E-state index is 14.5. The number of fused-ring (bicyclic) bond motifs is 1. The van der Waals surface area contributed by atoms with E-state index in [4.69, 9.17) is 14.2 Å². The number of methoxy groups -OCH3 is 1. The van der Waals surface area contributed by atoms with E-state index in [0.717, 1.165) is 10.1 Å². The third kappa shape index (κ3) is 6.08. The fourth-order valence-corrected chi connectivity index (χ4v) is 6.69. The zero-order valence-electron chi connectivity index (χ0n) is 26.0. The number of carbonyl (C=O) groups excluding carboxylic acids is 1. The van der Waals surface area contributed by atoms with Gasteiger partial charge >= 0.3 is 5.69 Å². The summed E-state index contributed by atoms with van der Waals surface area (Å²) in [6.07, 6.45) is 3.83. The molecule has 0 aliphatic carbocycles. The number of amides is 1. The number of nitrogens with zero attached hydrogens (tertiary/aromatic N) is 5. The summed E-state index contributed by atoms with van der Waals surface area (Å²) < 4.78 is 20.6. The van der Waals surface area contributed by atoms with Crippen LogP contribution >= 0.6 is 11.3 Å². The molecular weight excluding hydrogens is 584 g/mol. The first-order chi connectivity index (χ1) is 21.0. The zero-order valence-corrected chi connectivity index (χ0v) is 26.8. The van der Waals surface area contributed by atoms with E-state index in [1.54, 1.807) is 44.8 Å². The maximum absolute atomic E-state index is 14.5. The van der Waals surface area contributed by atoms with E-state index < -0.39 is 28.8 Å². The van der Waals surface area contributed by atoms with Gasteiger partial charge in [0.1, 0.15) is 27.2 Å². The normalized spacial score (nSPS) is 15.2. The highest BCUT2D eigenvalue weighted by Crippen LogP contribution is 2.35. The SMILES string of the molecule is COc1ccccc1C(Cn1c(=O)n(C(C)(C)C(=O)NCC(C)C)c(=O)c2c(C)c(-n3nccn3)sc21)OC1CCOCC1. The number of para-hydroxylation sites is 1. The van der Waals surface area contributed by atoms with Gasteiger partial charge in [0, 0.05) is 30.9 Å². The average Bonchev–Trinajstić information content (AvgIpc) is 3.66. The van der Waals surface area contributed by atoms with Gasteiger partial charge in [-0.2, -0.15) is 10.2 Å². The Bertz CT molecular complexity index is 1730. The van der Waals surface area contributed by atoms with Crippen LogP contribution in [-0.2, 0) is 26.4 Å². The van der Waals surface area contributed by atoms with Gasteiger partial charge < -0.3 is 19.5 Å². The summed E-state index contributed by atoms with van der Waals surface area (Å²) in [6, 6.07) is 7.55. The van der Waals surface area contributed by atoms with Crippen LogP contribution in [0.3, 0.4) is 0 Å². The Morgan fingerprint density at radius 2 is 1.84 bits per heavy atom. The Balaban J connectivity index is 1.73. The minimum absolute atomic E-state index is 0.0724. The van der Waals surface area contributed by atoms with Gasteiger partial charge in [0.25, 0.3) is 5.56 Å². The first kappa shape index (κ1) is 31.6. The molecule has 1 aliphatic rings. The third-order valence-corrected chi connectivity index (χ3v) is 9.21. The number of nitrogens with one attached hydrogen (secondary N) is 1. The standard InChI is InChI=1S/C31H40N6O6S/c1-19(2)17-32-29(39)31(4,5)36-26(38)25-20(3)27(37-33-13-14-34-37)44-28(25)35(30(36)40)18-24(43-21-11-15-42-16-12-21)22-9-7-8-10-23(22)41-6/h7-10,13-14,19,21,24H,11-12,15-18H2,1-6H3,(H,32,39). The van der Waals surface area contributed by atoms with E-state index in [1.807, 2.05) is 38.1 Å². The number of carbonyl (C=O) groups is 1. The molecule has 0 saturated carbocycles. The van der Waals surface area contributed by atoms with Crippen LogP contribution in [0.2, 0.25) is 0 Å². The van der Waals surface area contributed by atoms with Crippen molar-refractivity contribution in [2.45, 2.75) is 71.8 Å². The van der Waals surface area contributed by atoms with E-state index in [0.29, 0.717) is 59.1 Å². The van der Waals surface area contributed by atoms with Crippen molar-refractivity contribution in [3.05, 3.63) is 68.6 Å². The number of aryl methyl sites for hydroxylation is 1. The van der Waals surface area contributed by atoms with Crippen molar-refractivity contribution in [3.63, 3.8) is 0 Å². The van der Waals surface area contributed by atoms with Gasteiger partial charge in [0.05, 0.1) is 37.5 Å². The second kappa shape index (κ2) is 13.0. The molecule has 1 saturated heterocycles. The first-order valence-electron chi connectivity index (χ1n) is 14.8. The number of ether oxygens (including phenoxy) is 3. The van der Waals surface area contributed by atoms with Crippen molar-refractivity contribution >= 4 is 27.5 Å². The van der Waals surface area contributed by atoms with Crippen molar-refractivity contribution in [3.8, 4) is 10.8 Å². The van der Waals surface area contributed by atoms with Gasteiger partial charge in [0.2, 0.25) is 5.91 Å². The fraction of sp³-hybridized carbons (Fsp3) is 0.516. The third-order valence-electron chi connectivity index (χ3n) is 7.93. The van der Waals surface area contributed by atoms with Crippen LogP contribution in [0.15, 0.2) is 46.2 Å². The van der Waals surface area contributed by atoms with Crippen LogP contribution < -0.4 is 21.3 Å². The largest absolute Gasteiger partial charge is 0.496 e. The molecule has 4 aromatic rings. The number of rotatable bonds is 11. The predicted octanol–water partition coefficient (Wildman–Crippen LogP) is 3.57. The lowest BCUT2D eigenvalue weighted by atomic mass is 10.0. The Morgan fingerprint density at radius 3 is 2.50 bits per heavy atom. The van der Waals surface area contributed by atoms with E-state index in [-0.39, 0.29) is 18.6 Å². The Labute approximate surface area is 259 Å². The second-order valence-electron chi connectivity index (χ2n) is 11.9. The van der Waals surface area contributed by atoms with Gasteiger partial charge in [-0.05, 0) is 45.6 Å². The second-order valence-corrected chi connectivity index (χ2v) is 12.9. The van der Waals surface area contributed by atoms with Crippen LogP contribution in [0.5, 0.6) is 5.75 Å². The monoisotopic (exact) mass is 624 g/mol. The highest BCUT2D eigenvalue weighted by molar-refractivity contribution is 7.21. The van der Waals surface area contributed by atoms with Crippen LogP contribution in [0.25, 0.3) is 15.2 Å². The summed E-state index contributed by atoms with van der Waals surface area (Å²) in [6.45, 7) is 10.6. The predicted molar refractivity (Wildman–Crippen MR) is 168 cm³/mol. The van der Waals surface area contributed by atoms with Gasteiger partial charge in [0.15, 0.2) is 0 Å². The molecule has 1 aliphatic heterocycles. The van der Waals surface area contributed by atoms with Crippen molar-refractivity contribution in [2.24, 2.45) is 5.92 Å². The van der Waals surface area contributed by atoms with E-state index in [9.17, 15) is 14.4 Å². The van der Waals surface area contributed by atoms with E-state index in [2.05, 4.69) is 15.5 Å². The number of hydrogen-bond acceptors (Lipinski definition) is 9. The molecular formula is C31H40N6O6S. The lowest BCUT2D eigenvalue weighted by Crippen LogP contribution is -2.56. The minimum atomic E-state index is -1.49. The zero-order chi connectivity index (χ0) is 31.6. The Kier molecular flexibility index (Phi) is 9.37. The summed E-state index contributed by atoms with van der Waals surface area (Å²) in [7, 11) is 1.60. The van der Waals surface area contributed by atoms with Crippen LogP contribution in [0.4, 0.5) is 0 Å². The highest BCUT2D eigenvalue weighted by Gasteiger charge is 2.36. The van der Waals surface area contributed by atoms with Gasteiger partial charge in [-0.3, -0.25) is 14.2 Å². The van der Waals surface area contributed by atoms with Crippen molar-refractivity contribution in [1.82, 2.24) is 29.4 Å². The molecule has 0 radical (unpaired) electrons. The van der Waals surface area contributed by atoms with Crippen LogP contribution in [-0.4, -0.2) is 63.0 Å². The number of thiophene rings is 1. The smallest absolute Gasteiger partial charge is 0.333 e. The molecule has 3 aromatic heterocycles. The molecule has 5 rings (SSSR count). The highest BCUT2D eigenvalue weighted by atomic mass is 32.1. The molecule has 44 heavy (non-hydrogen) atoms. The molecule has 1 fully saturated rings. The Hall–Kier alpha value is -3.81. The topological polar surface area (TPSA) is 132 Å². The van der Waals surface area contributed by atoms with Crippen LogP contribution in [0, 0.1) is 12.8 Å². The molecule has 4 heterocycles. The number of hydrogen-bond donors (Lipinski definition) is 1. The van der Waals surface area contributed by atoms with Gasteiger partial charge in [-0.25, -0.2) is 9.36 Å². The molecule has 13 heteroatoms. The maximum Gasteiger partial charge on any atom is 0.333 e. The van der Waals surface area contributed by atoms with E-state index >= 15 is 0 Å². The lowest BCUT2D eigenvalue weighted by Gasteiger charge is -2.30. The molecule has 0 bridgehead atoms. The van der Waals surface area contributed by atoms with E-state index in [1.165, 1.54) is 16.1 Å². The van der Waals surface area contributed by atoms with Gasteiger partial charge in [-0.1, -0.05) is 43.4 Å². The summed E-state index contributed by atoms with van der Waals surface area (Å²) in [4.78, 5) is 44.1. The quantitative estimate of drug-likeness (QED) is 0.268. The molecule has 236 valence electrons. The molecule has 1 atom stereocenters. The van der Waals surface area contributed by atoms with Crippen LogP contribution in [0.1, 0.15) is 57.8 Å². The Morgan fingerprint density at radius 1 is 1.16 bits per heavy atom.